The quantitative estimate of drug-likeness (QED) is 0.696. The van der Waals surface area contributed by atoms with Gasteiger partial charge in [0.1, 0.15) is 5.82 Å². The largest absolute Gasteiger partial charge is 0.353 e. The van der Waals surface area contributed by atoms with E-state index in [2.05, 4.69) is 16.0 Å². The van der Waals surface area contributed by atoms with Crippen molar-refractivity contribution in [3.63, 3.8) is 0 Å². The number of amides is 2. The van der Waals surface area contributed by atoms with E-state index in [0.29, 0.717) is 18.7 Å². The molecule has 2 amide bonds. The minimum atomic E-state index is -0.379. The molecule has 8 heteroatoms. The number of nitrogens with one attached hydrogen (secondary N) is 3. The molecule has 1 atom stereocenters. The summed E-state index contributed by atoms with van der Waals surface area (Å²) in [6.45, 7) is 0.705. The van der Waals surface area contributed by atoms with Crippen LogP contribution in [0.4, 0.5) is 4.39 Å². The molecule has 1 aromatic rings. The van der Waals surface area contributed by atoms with E-state index in [-0.39, 0.29) is 36.1 Å². The van der Waals surface area contributed by atoms with Crippen LogP contribution in [0.5, 0.6) is 0 Å². The molecule has 21 heavy (non-hydrogen) atoms. The van der Waals surface area contributed by atoms with Crippen molar-refractivity contribution in [1.82, 2.24) is 16.0 Å². The highest BCUT2D eigenvalue weighted by molar-refractivity contribution is 7.99. The van der Waals surface area contributed by atoms with Gasteiger partial charge in [-0.3, -0.25) is 14.9 Å². The van der Waals surface area contributed by atoms with E-state index < -0.39 is 0 Å². The lowest BCUT2D eigenvalue weighted by Gasteiger charge is -2.11. The SMILES string of the molecule is Cl.O=C(NCCNC(=O)C1CSCN1)c1ccc(F)cc1. The second-order valence-corrected chi connectivity index (χ2v) is 5.36. The summed E-state index contributed by atoms with van der Waals surface area (Å²) in [5, 5.41) is 8.48. The number of carbonyl (C=O) groups excluding carboxylic acids is 2. The van der Waals surface area contributed by atoms with E-state index in [0.717, 1.165) is 11.6 Å². The highest BCUT2D eigenvalue weighted by Gasteiger charge is 2.21. The Morgan fingerprint density at radius 1 is 1.24 bits per heavy atom. The molecule has 3 N–H and O–H groups in total. The highest BCUT2D eigenvalue weighted by Crippen LogP contribution is 2.08. The normalized spacial score (nSPS) is 16.9. The van der Waals surface area contributed by atoms with Crippen molar-refractivity contribution in [2.75, 3.05) is 24.7 Å². The van der Waals surface area contributed by atoms with Gasteiger partial charge in [0, 0.05) is 30.3 Å². The molecule has 116 valence electrons. The average Bonchev–Trinajstić information content (AvgIpc) is 2.98. The number of halogens is 2. The van der Waals surface area contributed by atoms with E-state index in [4.69, 9.17) is 0 Å². The average molecular weight is 334 g/mol. The fourth-order valence-electron chi connectivity index (χ4n) is 1.75. The predicted molar refractivity (Wildman–Crippen MR) is 83.2 cm³/mol. The van der Waals surface area contributed by atoms with Crippen LogP contribution in [0.1, 0.15) is 10.4 Å². The molecule has 0 bridgehead atoms. The summed E-state index contributed by atoms with van der Waals surface area (Å²) in [7, 11) is 0. The first-order chi connectivity index (χ1) is 9.66. The van der Waals surface area contributed by atoms with Crippen LogP contribution in [0.25, 0.3) is 0 Å². The van der Waals surface area contributed by atoms with Crippen molar-refractivity contribution in [2.45, 2.75) is 6.04 Å². The van der Waals surface area contributed by atoms with Crippen LogP contribution in [0, 0.1) is 5.82 Å². The van der Waals surface area contributed by atoms with Gasteiger partial charge in [0.15, 0.2) is 0 Å². The second-order valence-electron chi connectivity index (χ2n) is 4.33. The predicted octanol–water partition coefficient (Wildman–Crippen LogP) is 0.756. The summed E-state index contributed by atoms with van der Waals surface area (Å²) in [6, 6.07) is 5.17. The first kappa shape index (κ1) is 17.7. The van der Waals surface area contributed by atoms with Gasteiger partial charge in [-0.1, -0.05) is 0 Å². The van der Waals surface area contributed by atoms with E-state index >= 15 is 0 Å². The van der Waals surface area contributed by atoms with Gasteiger partial charge in [-0.15, -0.1) is 24.2 Å². The summed E-state index contributed by atoms with van der Waals surface area (Å²) >= 11 is 1.68. The smallest absolute Gasteiger partial charge is 0.251 e. The van der Waals surface area contributed by atoms with Crippen LogP contribution in [0.2, 0.25) is 0 Å². The molecule has 1 aliphatic heterocycles. The van der Waals surface area contributed by atoms with Gasteiger partial charge in [0.2, 0.25) is 5.91 Å². The minimum Gasteiger partial charge on any atom is -0.353 e. The Balaban J connectivity index is 0.00000220. The van der Waals surface area contributed by atoms with Crippen molar-refractivity contribution >= 4 is 36.0 Å². The maximum Gasteiger partial charge on any atom is 0.251 e. The van der Waals surface area contributed by atoms with Gasteiger partial charge < -0.3 is 10.6 Å². The first-order valence-electron chi connectivity index (χ1n) is 6.29. The first-order valence-corrected chi connectivity index (χ1v) is 7.45. The van der Waals surface area contributed by atoms with E-state index in [1.807, 2.05) is 0 Å². The molecule has 0 radical (unpaired) electrons. The molecule has 1 unspecified atom stereocenters. The highest BCUT2D eigenvalue weighted by atomic mass is 35.5. The van der Waals surface area contributed by atoms with Crippen LogP contribution in [-0.4, -0.2) is 42.6 Å². The maximum absolute atomic E-state index is 12.7. The number of benzene rings is 1. The third-order valence-electron chi connectivity index (χ3n) is 2.85. The zero-order valence-electron chi connectivity index (χ0n) is 11.2. The molecular formula is C13H17ClFN3O2S. The van der Waals surface area contributed by atoms with Crippen molar-refractivity contribution in [1.29, 1.82) is 0 Å². The second kappa shape index (κ2) is 8.86. The van der Waals surface area contributed by atoms with Crippen LogP contribution in [-0.2, 0) is 4.79 Å². The third kappa shape index (κ3) is 5.53. The van der Waals surface area contributed by atoms with Gasteiger partial charge in [0.25, 0.3) is 5.91 Å². The number of rotatable bonds is 5. The fourth-order valence-corrected chi connectivity index (χ4v) is 2.69. The van der Waals surface area contributed by atoms with Gasteiger partial charge in [-0.2, -0.15) is 0 Å². The van der Waals surface area contributed by atoms with Crippen LogP contribution < -0.4 is 16.0 Å². The maximum atomic E-state index is 12.7. The molecule has 2 rings (SSSR count). The molecule has 0 spiro atoms. The number of thioether (sulfide) groups is 1. The zero-order chi connectivity index (χ0) is 14.4. The molecule has 0 saturated carbocycles. The van der Waals surface area contributed by atoms with Crippen LogP contribution in [0.15, 0.2) is 24.3 Å². The molecule has 1 saturated heterocycles. The molecule has 1 heterocycles. The van der Waals surface area contributed by atoms with Crippen molar-refractivity contribution in [3.8, 4) is 0 Å². The Kier molecular flexibility index (Phi) is 7.49. The standard InChI is InChI=1S/C13H16FN3O2S.ClH/c14-10-3-1-9(2-4-10)12(18)15-5-6-16-13(19)11-7-20-8-17-11;/h1-4,11,17H,5-8H2,(H,15,18)(H,16,19);1H. The summed E-state index contributed by atoms with van der Waals surface area (Å²) in [5.41, 5.74) is 0.395. The van der Waals surface area contributed by atoms with Crippen molar-refractivity contribution in [2.24, 2.45) is 0 Å². The number of hydrogen-bond donors (Lipinski definition) is 3. The molecule has 5 nitrogen and oxygen atoms in total. The Labute approximate surface area is 132 Å². The number of carbonyl (C=O) groups is 2. The van der Waals surface area contributed by atoms with Crippen LogP contribution in [0.3, 0.4) is 0 Å². The van der Waals surface area contributed by atoms with E-state index in [9.17, 15) is 14.0 Å². The number of hydrogen-bond acceptors (Lipinski definition) is 4. The fraction of sp³-hybridized carbons (Fsp3) is 0.385. The molecule has 0 aliphatic carbocycles. The Hall–Kier alpha value is -1.31. The summed E-state index contributed by atoms with van der Waals surface area (Å²) in [4.78, 5) is 23.4. The van der Waals surface area contributed by atoms with E-state index in [1.54, 1.807) is 11.8 Å². The van der Waals surface area contributed by atoms with Gasteiger partial charge in [-0.25, -0.2) is 4.39 Å². The van der Waals surface area contributed by atoms with Gasteiger partial charge in [0.05, 0.1) is 6.04 Å². The minimum absolute atomic E-state index is 0. The molecule has 1 aliphatic rings. The van der Waals surface area contributed by atoms with Crippen molar-refractivity contribution < 1.29 is 14.0 Å². The Morgan fingerprint density at radius 3 is 2.52 bits per heavy atom. The molecule has 0 aromatic heterocycles. The lowest BCUT2D eigenvalue weighted by Crippen LogP contribution is -2.44. The Bertz CT molecular complexity index is 481. The monoisotopic (exact) mass is 333 g/mol. The topological polar surface area (TPSA) is 70.2 Å². The van der Waals surface area contributed by atoms with E-state index in [1.165, 1.54) is 24.3 Å². The summed E-state index contributed by atoms with van der Waals surface area (Å²) in [6.07, 6.45) is 0. The molecule has 1 fully saturated rings. The molecule has 1 aromatic carbocycles. The van der Waals surface area contributed by atoms with Crippen molar-refractivity contribution in [3.05, 3.63) is 35.6 Å². The van der Waals surface area contributed by atoms with Gasteiger partial charge in [-0.05, 0) is 24.3 Å². The third-order valence-corrected chi connectivity index (χ3v) is 3.79. The Morgan fingerprint density at radius 2 is 1.90 bits per heavy atom. The zero-order valence-corrected chi connectivity index (χ0v) is 12.9. The van der Waals surface area contributed by atoms with Crippen LogP contribution >= 0.6 is 24.2 Å². The summed E-state index contributed by atoms with van der Waals surface area (Å²) in [5.74, 6) is 0.850. The lowest BCUT2D eigenvalue weighted by molar-refractivity contribution is -0.122. The summed E-state index contributed by atoms with van der Waals surface area (Å²) < 4.78 is 12.7. The van der Waals surface area contributed by atoms with Gasteiger partial charge >= 0.3 is 0 Å². The molecular weight excluding hydrogens is 317 g/mol. The lowest BCUT2D eigenvalue weighted by atomic mass is 10.2.